The maximum absolute atomic E-state index is 12.6. The van der Waals surface area contributed by atoms with Crippen LogP contribution in [-0.4, -0.2) is 33.2 Å². The molecule has 0 atom stereocenters. The van der Waals surface area contributed by atoms with Gasteiger partial charge < -0.3 is 10.2 Å². The van der Waals surface area contributed by atoms with Crippen LogP contribution in [0.5, 0.6) is 0 Å². The molecule has 0 aromatic heterocycles. The number of carbonyl (C=O) groups excluding carboxylic acids is 1. The third-order valence-corrected chi connectivity index (χ3v) is 4.64. The molecule has 0 saturated heterocycles. The van der Waals surface area contributed by atoms with Gasteiger partial charge in [-0.15, -0.1) is 0 Å². The molecule has 0 aliphatic heterocycles. The molecule has 0 heterocycles. The number of benzene rings is 2. The van der Waals surface area contributed by atoms with Gasteiger partial charge in [0.15, 0.2) is 9.84 Å². The molecule has 0 bridgehead atoms. The number of para-hydroxylation sites is 1. The molecular weight excluding hydrogens is 324 g/mol. The molecule has 2 rings (SSSR count). The highest BCUT2D eigenvalue weighted by atomic mass is 32.2. The first-order valence-corrected chi connectivity index (χ1v) is 9.59. The predicted octanol–water partition coefficient (Wildman–Crippen LogP) is 2.94. The van der Waals surface area contributed by atoms with Gasteiger partial charge in [0, 0.05) is 23.7 Å². The first-order valence-electron chi connectivity index (χ1n) is 7.70. The Morgan fingerprint density at radius 1 is 1.08 bits per heavy atom. The van der Waals surface area contributed by atoms with Crippen LogP contribution in [0.25, 0.3) is 0 Å². The van der Waals surface area contributed by atoms with Crippen molar-refractivity contribution in [1.82, 2.24) is 0 Å². The number of rotatable bonds is 6. The fourth-order valence-corrected chi connectivity index (χ4v) is 3.09. The fourth-order valence-electron chi connectivity index (χ4n) is 2.42. The van der Waals surface area contributed by atoms with Crippen LogP contribution in [0.1, 0.15) is 13.8 Å². The molecule has 0 radical (unpaired) electrons. The van der Waals surface area contributed by atoms with E-state index in [0.29, 0.717) is 5.69 Å². The van der Waals surface area contributed by atoms with E-state index in [1.54, 1.807) is 17.0 Å². The summed E-state index contributed by atoms with van der Waals surface area (Å²) in [6, 6.07) is 15.9. The van der Waals surface area contributed by atoms with E-state index in [-0.39, 0.29) is 23.4 Å². The normalized spacial score (nSPS) is 11.3. The quantitative estimate of drug-likeness (QED) is 0.873. The van der Waals surface area contributed by atoms with Crippen molar-refractivity contribution >= 4 is 27.1 Å². The molecule has 0 saturated carbocycles. The van der Waals surface area contributed by atoms with Crippen LogP contribution in [0.4, 0.5) is 11.4 Å². The molecule has 0 aliphatic carbocycles. The number of nitrogens with one attached hydrogen (secondary N) is 1. The van der Waals surface area contributed by atoms with E-state index >= 15 is 0 Å². The van der Waals surface area contributed by atoms with E-state index in [1.165, 1.54) is 12.1 Å². The van der Waals surface area contributed by atoms with E-state index in [0.717, 1.165) is 11.9 Å². The van der Waals surface area contributed by atoms with Crippen LogP contribution < -0.4 is 10.2 Å². The number of sulfone groups is 1. The molecule has 0 unspecified atom stereocenters. The Morgan fingerprint density at radius 3 is 2.33 bits per heavy atom. The minimum absolute atomic E-state index is 0.0176. The largest absolute Gasteiger partial charge is 0.376 e. The monoisotopic (exact) mass is 346 g/mol. The van der Waals surface area contributed by atoms with Crippen LogP contribution in [0.3, 0.4) is 0 Å². The lowest BCUT2D eigenvalue weighted by Gasteiger charge is -2.27. The van der Waals surface area contributed by atoms with Crippen molar-refractivity contribution in [1.29, 1.82) is 0 Å². The van der Waals surface area contributed by atoms with Gasteiger partial charge in [0.05, 0.1) is 11.4 Å². The topological polar surface area (TPSA) is 66.5 Å². The summed E-state index contributed by atoms with van der Waals surface area (Å²) in [4.78, 5) is 14.5. The van der Waals surface area contributed by atoms with Gasteiger partial charge in [-0.3, -0.25) is 4.79 Å². The molecule has 24 heavy (non-hydrogen) atoms. The summed E-state index contributed by atoms with van der Waals surface area (Å²) < 4.78 is 23.2. The van der Waals surface area contributed by atoms with E-state index in [4.69, 9.17) is 0 Å². The van der Waals surface area contributed by atoms with Gasteiger partial charge in [-0.2, -0.15) is 0 Å². The summed E-state index contributed by atoms with van der Waals surface area (Å²) in [6.07, 6.45) is 1.16. The van der Waals surface area contributed by atoms with Gasteiger partial charge in [-0.25, -0.2) is 8.42 Å². The number of nitrogens with zero attached hydrogens (tertiary/aromatic N) is 1. The second-order valence-electron chi connectivity index (χ2n) is 5.85. The number of carbonyl (C=O) groups is 1. The maximum atomic E-state index is 12.6. The Labute approximate surface area is 143 Å². The predicted molar refractivity (Wildman–Crippen MR) is 97.1 cm³/mol. The second-order valence-corrected chi connectivity index (χ2v) is 7.86. The van der Waals surface area contributed by atoms with Crippen molar-refractivity contribution in [3.63, 3.8) is 0 Å². The lowest BCUT2D eigenvalue weighted by molar-refractivity contribution is -0.117. The van der Waals surface area contributed by atoms with Gasteiger partial charge in [0.25, 0.3) is 0 Å². The van der Waals surface area contributed by atoms with Crippen LogP contribution in [0.15, 0.2) is 59.5 Å². The average Bonchev–Trinajstić information content (AvgIpc) is 2.53. The highest BCUT2D eigenvalue weighted by Crippen LogP contribution is 2.18. The number of hydrogen-bond donors (Lipinski definition) is 1. The number of amides is 1. The van der Waals surface area contributed by atoms with Crippen LogP contribution in [-0.2, 0) is 14.6 Å². The zero-order chi connectivity index (χ0) is 17.7. The minimum atomic E-state index is -3.27. The van der Waals surface area contributed by atoms with E-state index in [9.17, 15) is 13.2 Å². The highest BCUT2D eigenvalue weighted by Gasteiger charge is 2.18. The summed E-state index contributed by atoms with van der Waals surface area (Å²) in [6.45, 7) is 3.99. The van der Waals surface area contributed by atoms with Crippen LogP contribution >= 0.6 is 0 Å². The van der Waals surface area contributed by atoms with Crippen molar-refractivity contribution in [2.45, 2.75) is 24.8 Å². The Kier molecular flexibility index (Phi) is 5.62. The number of anilines is 2. The SMILES string of the molecule is CC(C)N(C(=O)CNc1cccc(S(C)(=O)=O)c1)c1ccccc1. The first kappa shape index (κ1) is 18.0. The fraction of sp³-hybridized carbons (Fsp3) is 0.278. The summed E-state index contributed by atoms with van der Waals surface area (Å²) in [7, 11) is -3.27. The van der Waals surface area contributed by atoms with E-state index < -0.39 is 9.84 Å². The first-order chi connectivity index (χ1) is 11.3. The van der Waals surface area contributed by atoms with Gasteiger partial charge in [0.2, 0.25) is 5.91 Å². The van der Waals surface area contributed by atoms with E-state index in [2.05, 4.69) is 5.32 Å². The molecular formula is C18H22N2O3S. The Morgan fingerprint density at radius 2 is 1.75 bits per heavy atom. The molecule has 5 nitrogen and oxygen atoms in total. The lowest BCUT2D eigenvalue weighted by Crippen LogP contribution is -2.40. The zero-order valence-electron chi connectivity index (χ0n) is 14.1. The highest BCUT2D eigenvalue weighted by molar-refractivity contribution is 7.90. The van der Waals surface area contributed by atoms with Crippen molar-refractivity contribution in [3.05, 3.63) is 54.6 Å². The molecule has 2 aromatic carbocycles. The van der Waals surface area contributed by atoms with Crippen molar-refractivity contribution in [3.8, 4) is 0 Å². The van der Waals surface area contributed by atoms with Gasteiger partial charge >= 0.3 is 0 Å². The number of hydrogen-bond acceptors (Lipinski definition) is 4. The van der Waals surface area contributed by atoms with Crippen molar-refractivity contribution in [2.75, 3.05) is 23.0 Å². The molecule has 6 heteroatoms. The summed E-state index contributed by atoms with van der Waals surface area (Å²) >= 11 is 0. The molecule has 1 N–H and O–H groups in total. The van der Waals surface area contributed by atoms with Crippen LogP contribution in [0, 0.1) is 0 Å². The summed E-state index contributed by atoms with van der Waals surface area (Å²) in [5.41, 5.74) is 1.44. The smallest absolute Gasteiger partial charge is 0.246 e. The van der Waals surface area contributed by atoms with Crippen molar-refractivity contribution < 1.29 is 13.2 Å². The molecule has 1 amide bonds. The maximum Gasteiger partial charge on any atom is 0.246 e. The molecule has 128 valence electrons. The third kappa shape index (κ3) is 4.58. The third-order valence-electron chi connectivity index (χ3n) is 3.53. The second kappa shape index (κ2) is 7.49. The van der Waals surface area contributed by atoms with Crippen molar-refractivity contribution in [2.24, 2.45) is 0 Å². The minimum Gasteiger partial charge on any atom is -0.376 e. The molecule has 2 aromatic rings. The Hall–Kier alpha value is -2.34. The lowest BCUT2D eigenvalue weighted by atomic mass is 10.2. The van der Waals surface area contributed by atoms with E-state index in [1.807, 2.05) is 44.2 Å². The average molecular weight is 346 g/mol. The summed E-state index contributed by atoms with van der Waals surface area (Å²) in [5, 5.41) is 3.01. The Bertz CT molecular complexity index is 802. The van der Waals surface area contributed by atoms with Gasteiger partial charge in [-0.05, 0) is 44.2 Å². The molecule has 0 spiro atoms. The molecule has 0 aliphatic rings. The van der Waals surface area contributed by atoms with Gasteiger partial charge in [-0.1, -0.05) is 24.3 Å². The van der Waals surface area contributed by atoms with Gasteiger partial charge in [0.1, 0.15) is 0 Å². The zero-order valence-corrected chi connectivity index (χ0v) is 14.9. The molecule has 0 fully saturated rings. The van der Waals surface area contributed by atoms with Crippen LogP contribution in [0.2, 0.25) is 0 Å². The standard InChI is InChI=1S/C18H22N2O3S/c1-14(2)20(16-9-5-4-6-10-16)18(21)13-19-15-8-7-11-17(12-15)24(3,22)23/h4-12,14,19H,13H2,1-3H3. The Balaban J connectivity index is 2.12. The summed E-state index contributed by atoms with van der Waals surface area (Å²) in [5.74, 6) is -0.0824.